The van der Waals surface area contributed by atoms with Gasteiger partial charge in [-0.3, -0.25) is 4.79 Å². The molecule has 0 aromatic heterocycles. The highest BCUT2D eigenvalue weighted by molar-refractivity contribution is 8.00. The van der Waals surface area contributed by atoms with Crippen LogP contribution in [0.15, 0.2) is 18.2 Å². The fourth-order valence-corrected chi connectivity index (χ4v) is 3.19. The summed E-state index contributed by atoms with van der Waals surface area (Å²) in [7, 11) is 0. The summed E-state index contributed by atoms with van der Waals surface area (Å²) in [6.07, 6.45) is 2.41. The summed E-state index contributed by atoms with van der Waals surface area (Å²) in [5.41, 5.74) is 1.25. The number of nitrogens with one attached hydrogen (secondary N) is 1. The fraction of sp³-hybridized carbons (Fsp3) is 0.462. The van der Waals surface area contributed by atoms with Gasteiger partial charge in [-0.15, -0.1) is 0 Å². The maximum Gasteiger partial charge on any atom is 0.251 e. The zero-order valence-electron chi connectivity index (χ0n) is 9.83. The Labute approximate surface area is 105 Å². The molecule has 1 aromatic rings. The molecule has 2 rings (SSSR count). The summed E-state index contributed by atoms with van der Waals surface area (Å²) in [6.45, 7) is 2.46. The number of hydrogen-bond donors (Lipinski definition) is 1. The van der Waals surface area contributed by atoms with Crippen molar-refractivity contribution in [3.63, 3.8) is 0 Å². The van der Waals surface area contributed by atoms with Crippen molar-refractivity contribution in [1.29, 1.82) is 0 Å². The Morgan fingerprint density at radius 1 is 1.59 bits per heavy atom. The maximum atomic E-state index is 12.9. The lowest BCUT2D eigenvalue weighted by Crippen LogP contribution is -2.30. The van der Waals surface area contributed by atoms with Gasteiger partial charge in [0.25, 0.3) is 5.91 Å². The summed E-state index contributed by atoms with van der Waals surface area (Å²) in [4.78, 5) is 11.9. The van der Waals surface area contributed by atoms with Gasteiger partial charge in [-0.2, -0.15) is 11.8 Å². The summed E-state index contributed by atoms with van der Waals surface area (Å²) >= 11 is 1.91. The quantitative estimate of drug-likeness (QED) is 0.897. The van der Waals surface area contributed by atoms with Gasteiger partial charge in [0, 0.05) is 17.4 Å². The van der Waals surface area contributed by atoms with Crippen LogP contribution in [0, 0.1) is 12.7 Å². The first-order valence-electron chi connectivity index (χ1n) is 5.83. The summed E-state index contributed by atoms with van der Waals surface area (Å²) in [5.74, 6) is 0.788. The highest BCUT2D eigenvalue weighted by atomic mass is 32.2. The van der Waals surface area contributed by atoms with E-state index >= 15 is 0 Å². The molecule has 1 saturated heterocycles. The summed E-state index contributed by atoms with van der Waals surface area (Å²) in [5, 5.41) is 3.46. The molecule has 0 radical (unpaired) electrons. The van der Waals surface area contributed by atoms with E-state index in [0.29, 0.717) is 22.9 Å². The Morgan fingerprint density at radius 3 is 3.06 bits per heavy atom. The molecule has 0 saturated carbocycles. The maximum absolute atomic E-state index is 12.9. The van der Waals surface area contributed by atoms with Crippen LogP contribution < -0.4 is 5.32 Å². The number of aryl methyl sites for hydroxylation is 1. The van der Waals surface area contributed by atoms with Crippen LogP contribution >= 0.6 is 11.8 Å². The van der Waals surface area contributed by atoms with E-state index in [1.54, 1.807) is 13.0 Å². The molecule has 0 aliphatic carbocycles. The zero-order valence-corrected chi connectivity index (χ0v) is 10.6. The molecule has 1 amide bonds. The predicted molar refractivity (Wildman–Crippen MR) is 69.0 cm³/mol. The first kappa shape index (κ1) is 12.4. The minimum atomic E-state index is -0.301. The average molecular weight is 253 g/mol. The van der Waals surface area contributed by atoms with Gasteiger partial charge in [0.1, 0.15) is 5.82 Å². The van der Waals surface area contributed by atoms with Crippen LogP contribution in [0.25, 0.3) is 0 Å². The normalized spacial score (nSPS) is 19.3. The molecule has 1 aliphatic rings. The molecule has 2 nitrogen and oxygen atoms in total. The Bertz CT molecular complexity index is 416. The van der Waals surface area contributed by atoms with Crippen molar-refractivity contribution in [2.45, 2.75) is 25.0 Å². The number of hydrogen-bond acceptors (Lipinski definition) is 2. The number of benzene rings is 1. The van der Waals surface area contributed by atoms with Gasteiger partial charge in [-0.1, -0.05) is 0 Å². The van der Waals surface area contributed by atoms with E-state index in [1.807, 2.05) is 11.8 Å². The van der Waals surface area contributed by atoms with E-state index in [1.165, 1.54) is 30.7 Å². The molecule has 1 aliphatic heterocycles. The molecule has 1 unspecified atom stereocenters. The molecular formula is C13H16FNOS. The van der Waals surface area contributed by atoms with Gasteiger partial charge in [0.15, 0.2) is 0 Å². The SMILES string of the molecule is Cc1cc(F)ccc1C(=O)NCC1CCCS1. The molecule has 1 N–H and O–H groups in total. The van der Waals surface area contributed by atoms with Gasteiger partial charge >= 0.3 is 0 Å². The molecule has 0 spiro atoms. The first-order valence-corrected chi connectivity index (χ1v) is 6.87. The molecule has 0 bridgehead atoms. The van der Waals surface area contributed by atoms with Gasteiger partial charge in [0.05, 0.1) is 0 Å². The second-order valence-corrected chi connectivity index (χ2v) is 5.71. The van der Waals surface area contributed by atoms with Crippen molar-refractivity contribution in [3.8, 4) is 0 Å². The number of amides is 1. The van der Waals surface area contributed by atoms with Gasteiger partial charge in [0.2, 0.25) is 0 Å². The number of thioether (sulfide) groups is 1. The van der Waals surface area contributed by atoms with E-state index in [-0.39, 0.29) is 11.7 Å². The van der Waals surface area contributed by atoms with Crippen LogP contribution in [0.5, 0.6) is 0 Å². The zero-order chi connectivity index (χ0) is 12.3. The third-order valence-corrected chi connectivity index (χ3v) is 4.35. The lowest BCUT2D eigenvalue weighted by Gasteiger charge is -2.11. The lowest BCUT2D eigenvalue weighted by molar-refractivity contribution is 0.0953. The highest BCUT2D eigenvalue weighted by Crippen LogP contribution is 2.25. The number of carbonyl (C=O) groups excluding carboxylic acids is 1. The molecule has 17 heavy (non-hydrogen) atoms. The van der Waals surface area contributed by atoms with Crippen LogP contribution in [-0.4, -0.2) is 23.5 Å². The second-order valence-electron chi connectivity index (χ2n) is 4.30. The van der Waals surface area contributed by atoms with Crippen molar-refractivity contribution >= 4 is 17.7 Å². The van der Waals surface area contributed by atoms with Crippen LogP contribution in [0.1, 0.15) is 28.8 Å². The van der Waals surface area contributed by atoms with Gasteiger partial charge in [-0.25, -0.2) is 4.39 Å². The second kappa shape index (κ2) is 5.54. The molecule has 1 heterocycles. The van der Waals surface area contributed by atoms with E-state index in [9.17, 15) is 9.18 Å². The third-order valence-electron chi connectivity index (χ3n) is 2.95. The molecule has 1 aromatic carbocycles. The minimum absolute atomic E-state index is 0.102. The average Bonchev–Trinajstić information content (AvgIpc) is 2.78. The van der Waals surface area contributed by atoms with Gasteiger partial charge in [-0.05, 0) is 49.3 Å². The number of carbonyl (C=O) groups is 1. The van der Waals surface area contributed by atoms with Crippen molar-refractivity contribution in [1.82, 2.24) is 5.32 Å². The predicted octanol–water partition coefficient (Wildman–Crippen LogP) is 2.76. The topological polar surface area (TPSA) is 29.1 Å². The van der Waals surface area contributed by atoms with E-state index < -0.39 is 0 Å². The molecular weight excluding hydrogens is 237 g/mol. The van der Waals surface area contributed by atoms with Crippen molar-refractivity contribution < 1.29 is 9.18 Å². The van der Waals surface area contributed by atoms with Crippen molar-refractivity contribution in [2.24, 2.45) is 0 Å². The Balaban J connectivity index is 1.94. The molecule has 4 heteroatoms. The van der Waals surface area contributed by atoms with Crippen molar-refractivity contribution in [2.75, 3.05) is 12.3 Å². The molecule has 1 atom stereocenters. The Morgan fingerprint density at radius 2 is 2.41 bits per heavy atom. The van der Waals surface area contributed by atoms with Gasteiger partial charge < -0.3 is 5.32 Å². The summed E-state index contributed by atoms with van der Waals surface area (Å²) in [6, 6.07) is 4.26. The van der Waals surface area contributed by atoms with Crippen LogP contribution in [0.2, 0.25) is 0 Å². The minimum Gasteiger partial charge on any atom is -0.351 e. The number of rotatable bonds is 3. The van der Waals surface area contributed by atoms with E-state index in [2.05, 4.69) is 5.32 Å². The molecule has 92 valence electrons. The fourth-order valence-electron chi connectivity index (χ4n) is 1.99. The smallest absolute Gasteiger partial charge is 0.251 e. The lowest BCUT2D eigenvalue weighted by atomic mass is 10.1. The Hall–Kier alpha value is -1.03. The highest BCUT2D eigenvalue weighted by Gasteiger charge is 2.17. The van der Waals surface area contributed by atoms with E-state index in [0.717, 1.165) is 0 Å². The largest absolute Gasteiger partial charge is 0.351 e. The van der Waals surface area contributed by atoms with Crippen LogP contribution in [0.4, 0.5) is 4.39 Å². The standard InChI is InChI=1S/C13H16FNOS/c1-9-7-10(14)4-5-12(9)13(16)15-8-11-3-2-6-17-11/h4-5,7,11H,2-3,6,8H2,1H3,(H,15,16). The van der Waals surface area contributed by atoms with Crippen molar-refractivity contribution in [3.05, 3.63) is 35.1 Å². The third kappa shape index (κ3) is 3.22. The number of halogens is 1. The first-order chi connectivity index (χ1) is 8.16. The Kier molecular flexibility index (Phi) is 4.05. The van der Waals surface area contributed by atoms with Crippen LogP contribution in [-0.2, 0) is 0 Å². The molecule has 1 fully saturated rings. The van der Waals surface area contributed by atoms with Crippen LogP contribution in [0.3, 0.4) is 0 Å². The monoisotopic (exact) mass is 253 g/mol. The van der Waals surface area contributed by atoms with E-state index in [4.69, 9.17) is 0 Å². The summed E-state index contributed by atoms with van der Waals surface area (Å²) < 4.78 is 12.9.